The first-order valence-corrected chi connectivity index (χ1v) is 3.82. The molecule has 1 aromatic rings. The fourth-order valence-corrected chi connectivity index (χ4v) is 1.55. The number of fused-ring (bicyclic) bond motifs is 1. The number of aryl methyl sites for hydroxylation is 1. The summed E-state index contributed by atoms with van der Waals surface area (Å²) in [7, 11) is 0. The van der Waals surface area contributed by atoms with Crippen molar-refractivity contribution in [2.75, 3.05) is 0 Å². The normalized spacial score (nSPS) is 20.9. The van der Waals surface area contributed by atoms with Crippen molar-refractivity contribution in [3.05, 3.63) is 11.6 Å². The van der Waals surface area contributed by atoms with Crippen LogP contribution in [0.2, 0.25) is 0 Å². The summed E-state index contributed by atoms with van der Waals surface area (Å²) < 4.78 is 1.86. The van der Waals surface area contributed by atoms with Gasteiger partial charge in [-0.2, -0.15) is 0 Å². The van der Waals surface area contributed by atoms with E-state index in [1.54, 1.807) is 0 Å². The summed E-state index contributed by atoms with van der Waals surface area (Å²) in [6.45, 7) is 2.56. The van der Waals surface area contributed by atoms with E-state index in [-0.39, 0.29) is 0 Å². The number of aromatic nitrogens is 3. The first-order valence-electron chi connectivity index (χ1n) is 3.82. The molecule has 5 heteroatoms. The second-order valence-corrected chi connectivity index (χ2v) is 2.94. The van der Waals surface area contributed by atoms with Gasteiger partial charge in [0.1, 0.15) is 17.6 Å². The van der Waals surface area contributed by atoms with Crippen LogP contribution >= 0.6 is 0 Å². The zero-order chi connectivity index (χ0) is 8.72. The number of rotatable bonds is 1. The Labute approximate surface area is 69.0 Å². The molecule has 0 spiro atoms. The molecule has 12 heavy (non-hydrogen) atoms. The van der Waals surface area contributed by atoms with Gasteiger partial charge in [0.2, 0.25) is 0 Å². The maximum atomic E-state index is 10.7. The fourth-order valence-electron chi connectivity index (χ4n) is 1.55. The molecular formula is C7H9N3O2. The fraction of sp³-hybridized carbons (Fsp3) is 0.571. The smallest absolute Gasteiger partial charge is 0.314 e. The quantitative estimate of drug-likeness (QED) is 0.646. The molecule has 1 unspecified atom stereocenters. The first kappa shape index (κ1) is 7.27. The Hall–Kier alpha value is -1.39. The summed E-state index contributed by atoms with van der Waals surface area (Å²) in [6, 6.07) is 0. The second-order valence-electron chi connectivity index (χ2n) is 2.94. The van der Waals surface area contributed by atoms with Crippen molar-refractivity contribution in [1.82, 2.24) is 14.8 Å². The molecule has 0 saturated carbocycles. The molecule has 2 rings (SSSR count). The van der Waals surface area contributed by atoms with Gasteiger partial charge < -0.3 is 9.67 Å². The summed E-state index contributed by atoms with van der Waals surface area (Å²) in [6.07, 6.45) is 0.640. The van der Waals surface area contributed by atoms with Crippen molar-refractivity contribution in [3.63, 3.8) is 0 Å². The third-order valence-corrected chi connectivity index (χ3v) is 2.22. The number of nitrogens with zero attached hydrogens (tertiary/aromatic N) is 3. The van der Waals surface area contributed by atoms with Crippen molar-refractivity contribution in [2.24, 2.45) is 0 Å². The average molecular weight is 167 g/mol. The van der Waals surface area contributed by atoms with Crippen LogP contribution in [0.3, 0.4) is 0 Å². The number of carbonyl (C=O) groups is 1. The van der Waals surface area contributed by atoms with Gasteiger partial charge in [0, 0.05) is 6.54 Å². The maximum Gasteiger partial charge on any atom is 0.314 e. The number of carboxylic acid groups (broad SMARTS) is 1. The average Bonchev–Trinajstić information content (AvgIpc) is 2.53. The molecular weight excluding hydrogens is 158 g/mol. The Balaban J connectivity index is 2.43. The lowest BCUT2D eigenvalue weighted by Crippen LogP contribution is -2.09. The minimum atomic E-state index is -0.804. The van der Waals surface area contributed by atoms with Crippen LogP contribution in [0.1, 0.15) is 24.0 Å². The highest BCUT2D eigenvalue weighted by Gasteiger charge is 2.31. The third kappa shape index (κ3) is 0.823. The van der Waals surface area contributed by atoms with Crippen LogP contribution in [0, 0.1) is 6.92 Å². The van der Waals surface area contributed by atoms with Crippen molar-refractivity contribution in [2.45, 2.75) is 25.8 Å². The zero-order valence-electron chi connectivity index (χ0n) is 6.69. The number of hydrogen-bond acceptors (Lipinski definition) is 3. The summed E-state index contributed by atoms with van der Waals surface area (Å²) in [5.41, 5.74) is 0. The van der Waals surface area contributed by atoms with E-state index >= 15 is 0 Å². The van der Waals surface area contributed by atoms with Crippen LogP contribution < -0.4 is 0 Å². The molecule has 1 aliphatic rings. The van der Waals surface area contributed by atoms with Gasteiger partial charge >= 0.3 is 5.97 Å². The van der Waals surface area contributed by atoms with Gasteiger partial charge in [-0.25, -0.2) is 0 Å². The Bertz CT molecular complexity index is 331. The molecule has 2 heterocycles. The molecule has 0 amide bonds. The van der Waals surface area contributed by atoms with Crippen LogP contribution in [0.15, 0.2) is 0 Å². The highest BCUT2D eigenvalue weighted by molar-refractivity contribution is 5.75. The van der Waals surface area contributed by atoms with Crippen LogP contribution in [0.5, 0.6) is 0 Å². The van der Waals surface area contributed by atoms with Crippen LogP contribution in [0.4, 0.5) is 0 Å². The highest BCUT2D eigenvalue weighted by atomic mass is 16.4. The van der Waals surface area contributed by atoms with Gasteiger partial charge in [-0.05, 0) is 13.3 Å². The van der Waals surface area contributed by atoms with Gasteiger partial charge in [0.15, 0.2) is 0 Å². The Morgan fingerprint density at radius 2 is 2.42 bits per heavy atom. The maximum absolute atomic E-state index is 10.7. The summed E-state index contributed by atoms with van der Waals surface area (Å²) in [4.78, 5) is 10.7. The summed E-state index contributed by atoms with van der Waals surface area (Å²) >= 11 is 0. The molecule has 1 aromatic heterocycles. The minimum absolute atomic E-state index is 0.453. The topological polar surface area (TPSA) is 68.0 Å². The number of hydrogen-bond donors (Lipinski definition) is 1. The minimum Gasteiger partial charge on any atom is -0.481 e. The zero-order valence-corrected chi connectivity index (χ0v) is 6.69. The standard InChI is InChI=1S/C7H9N3O2/c1-4-8-9-6-5(7(11)12)2-3-10(4)6/h5H,2-3H2,1H3,(H,11,12). The third-order valence-electron chi connectivity index (χ3n) is 2.22. The van der Waals surface area contributed by atoms with E-state index in [2.05, 4.69) is 10.2 Å². The van der Waals surface area contributed by atoms with Gasteiger partial charge in [0.05, 0.1) is 0 Å². The summed E-state index contributed by atoms with van der Waals surface area (Å²) in [5.74, 6) is 0.140. The van der Waals surface area contributed by atoms with Crippen LogP contribution in [-0.2, 0) is 11.3 Å². The summed E-state index contributed by atoms with van der Waals surface area (Å²) in [5, 5.41) is 16.4. The Kier molecular flexibility index (Phi) is 1.39. The molecule has 1 aliphatic heterocycles. The molecule has 64 valence electrons. The molecule has 0 radical (unpaired) electrons. The van der Waals surface area contributed by atoms with Crippen molar-refractivity contribution >= 4 is 5.97 Å². The van der Waals surface area contributed by atoms with E-state index in [0.29, 0.717) is 12.2 Å². The predicted molar refractivity (Wildman–Crippen MR) is 39.8 cm³/mol. The Morgan fingerprint density at radius 3 is 3.08 bits per heavy atom. The van der Waals surface area contributed by atoms with Gasteiger partial charge in [-0.1, -0.05) is 0 Å². The molecule has 0 saturated heterocycles. The molecule has 0 aromatic carbocycles. The second kappa shape index (κ2) is 2.30. The molecule has 0 aliphatic carbocycles. The monoisotopic (exact) mass is 167 g/mol. The molecule has 5 nitrogen and oxygen atoms in total. The predicted octanol–water partition coefficient (Wildman–Crippen LogP) is 0.158. The van der Waals surface area contributed by atoms with E-state index in [4.69, 9.17) is 5.11 Å². The Morgan fingerprint density at radius 1 is 1.67 bits per heavy atom. The van der Waals surface area contributed by atoms with E-state index in [0.717, 1.165) is 12.4 Å². The molecule has 0 bridgehead atoms. The van der Waals surface area contributed by atoms with Crippen molar-refractivity contribution < 1.29 is 9.90 Å². The van der Waals surface area contributed by atoms with Gasteiger partial charge in [0.25, 0.3) is 0 Å². The van der Waals surface area contributed by atoms with Crippen molar-refractivity contribution in [1.29, 1.82) is 0 Å². The molecule has 1 N–H and O–H groups in total. The van der Waals surface area contributed by atoms with Crippen LogP contribution in [0.25, 0.3) is 0 Å². The van der Waals surface area contributed by atoms with Gasteiger partial charge in [-0.15, -0.1) is 10.2 Å². The van der Waals surface area contributed by atoms with Crippen LogP contribution in [-0.4, -0.2) is 25.8 Å². The SMILES string of the molecule is Cc1nnc2n1CCC2C(=O)O. The molecule has 1 atom stereocenters. The molecule has 0 fully saturated rings. The van der Waals surface area contributed by atoms with E-state index in [9.17, 15) is 4.79 Å². The van der Waals surface area contributed by atoms with E-state index in [1.165, 1.54) is 0 Å². The first-order chi connectivity index (χ1) is 5.70. The lowest BCUT2D eigenvalue weighted by Gasteiger charge is -1.97. The highest BCUT2D eigenvalue weighted by Crippen LogP contribution is 2.26. The van der Waals surface area contributed by atoms with Gasteiger partial charge in [-0.3, -0.25) is 4.79 Å². The largest absolute Gasteiger partial charge is 0.481 e. The number of aliphatic carboxylic acids is 1. The lowest BCUT2D eigenvalue weighted by atomic mass is 10.1. The lowest BCUT2D eigenvalue weighted by molar-refractivity contribution is -0.138. The van der Waals surface area contributed by atoms with Crippen molar-refractivity contribution in [3.8, 4) is 0 Å². The number of carboxylic acids is 1. The van der Waals surface area contributed by atoms with E-state index < -0.39 is 11.9 Å². The van der Waals surface area contributed by atoms with E-state index in [1.807, 2.05) is 11.5 Å².